The van der Waals surface area contributed by atoms with Crippen LogP contribution in [0.3, 0.4) is 0 Å². The van der Waals surface area contributed by atoms with Crippen molar-refractivity contribution in [1.29, 1.82) is 0 Å². The zero-order chi connectivity index (χ0) is 13.0. The van der Waals surface area contributed by atoms with E-state index < -0.39 is 0 Å². The van der Waals surface area contributed by atoms with Crippen LogP contribution in [0, 0.1) is 5.92 Å². The number of esters is 1. The summed E-state index contributed by atoms with van der Waals surface area (Å²) < 4.78 is 8.68. The number of amides is 1. The summed E-state index contributed by atoms with van der Waals surface area (Å²) in [5.41, 5.74) is 0. The molecular formula is C11H15N3O3S. The molecule has 0 aromatic carbocycles. The van der Waals surface area contributed by atoms with Crippen molar-refractivity contribution in [3.8, 4) is 0 Å². The Morgan fingerprint density at radius 1 is 1.61 bits per heavy atom. The van der Waals surface area contributed by atoms with E-state index in [0.717, 1.165) is 24.4 Å². The molecule has 1 saturated heterocycles. The van der Waals surface area contributed by atoms with Gasteiger partial charge in [-0.1, -0.05) is 4.49 Å². The van der Waals surface area contributed by atoms with Gasteiger partial charge < -0.3 is 9.64 Å². The molecule has 0 aliphatic carbocycles. The van der Waals surface area contributed by atoms with E-state index in [2.05, 4.69) is 9.59 Å². The minimum Gasteiger partial charge on any atom is -0.466 e. The van der Waals surface area contributed by atoms with Crippen LogP contribution >= 0.6 is 11.5 Å². The molecule has 0 radical (unpaired) electrons. The number of rotatable bonds is 3. The second kappa shape index (κ2) is 5.90. The number of piperidine rings is 1. The lowest BCUT2D eigenvalue weighted by Gasteiger charge is -2.31. The van der Waals surface area contributed by atoms with E-state index in [0.29, 0.717) is 24.6 Å². The van der Waals surface area contributed by atoms with Crippen LogP contribution in [0.25, 0.3) is 0 Å². The molecule has 98 valence electrons. The number of hydrogen-bond donors (Lipinski definition) is 0. The Hall–Kier alpha value is -1.50. The summed E-state index contributed by atoms with van der Waals surface area (Å²) in [6.45, 7) is 3.26. The standard InChI is InChI=1S/C11H15N3O3S/c1-2-17-11(16)8-4-3-5-14(7-8)10(15)9-6-12-13-18-9/h6,8H,2-5,7H2,1H3/t8-/m1/s1. The summed E-state index contributed by atoms with van der Waals surface area (Å²) in [7, 11) is 0. The Kier molecular flexibility index (Phi) is 4.24. The van der Waals surface area contributed by atoms with E-state index in [1.807, 2.05) is 0 Å². The van der Waals surface area contributed by atoms with Gasteiger partial charge in [0, 0.05) is 13.1 Å². The van der Waals surface area contributed by atoms with Crippen molar-refractivity contribution in [2.24, 2.45) is 5.92 Å². The van der Waals surface area contributed by atoms with Crippen molar-refractivity contribution in [1.82, 2.24) is 14.5 Å². The van der Waals surface area contributed by atoms with Gasteiger partial charge in [0.2, 0.25) is 0 Å². The largest absolute Gasteiger partial charge is 0.466 e. The monoisotopic (exact) mass is 269 g/mol. The molecule has 1 aliphatic rings. The number of likely N-dealkylation sites (tertiary alicyclic amines) is 1. The third kappa shape index (κ3) is 2.84. The Balaban J connectivity index is 1.98. The highest BCUT2D eigenvalue weighted by Gasteiger charge is 2.30. The smallest absolute Gasteiger partial charge is 0.310 e. The van der Waals surface area contributed by atoms with E-state index in [1.54, 1.807) is 11.8 Å². The number of aromatic nitrogens is 2. The summed E-state index contributed by atoms with van der Waals surface area (Å²) in [5.74, 6) is -0.514. The highest BCUT2D eigenvalue weighted by Crippen LogP contribution is 2.20. The number of carbonyl (C=O) groups is 2. The molecular weight excluding hydrogens is 254 g/mol. The summed E-state index contributed by atoms with van der Waals surface area (Å²) >= 11 is 1.08. The van der Waals surface area contributed by atoms with Crippen molar-refractivity contribution in [3.63, 3.8) is 0 Å². The number of ether oxygens (including phenoxy) is 1. The van der Waals surface area contributed by atoms with Crippen LogP contribution in [-0.4, -0.2) is 46.1 Å². The Morgan fingerprint density at radius 2 is 2.44 bits per heavy atom. The highest BCUT2D eigenvalue weighted by molar-refractivity contribution is 7.07. The molecule has 7 heteroatoms. The van der Waals surface area contributed by atoms with Gasteiger partial charge in [-0.15, -0.1) is 5.10 Å². The van der Waals surface area contributed by atoms with Crippen molar-refractivity contribution < 1.29 is 14.3 Å². The summed E-state index contributed by atoms with van der Waals surface area (Å²) in [5, 5.41) is 3.65. The van der Waals surface area contributed by atoms with Gasteiger partial charge in [0.15, 0.2) is 0 Å². The van der Waals surface area contributed by atoms with Gasteiger partial charge in [0.05, 0.1) is 18.7 Å². The molecule has 0 N–H and O–H groups in total. The average Bonchev–Trinajstić information content (AvgIpc) is 2.92. The quantitative estimate of drug-likeness (QED) is 0.764. The average molecular weight is 269 g/mol. The molecule has 0 unspecified atom stereocenters. The maximum atomic E-state index is 12.1. The molecule has 6 nitrogen and oxygen atoms in total. The highest BCUT2D eigenvalue weighted by atomic mass is 32.1. The van der Waals surface area contributed by atoms with E-state index in [-0.39, 0.29) is 17.8 Å². The molecule has 0 spiro atoms. The van der Waals surface area contributed by atoms with Crippen LogP contribution in [0.2, 0.25) is 0 Å². The molecule has 1 atom stereocenters. The number of hydrogen-bond acceptors (Lipinski definition) is 6. The van der Waals surface area contributed by atoms with Crippen molar-refractivity contribution >= 4 is 23.4 Å². The van der Waals surface area contributed by atoms with Crippen LogP contribution < -0.4 is 0 Å². The second-order valence-electron chi connectivity index (χ2n) is 4.12. The van der Waals surface area contributed by atoms with Crippen LogP contribution in [0.1, 0.15) is 29.4 Å². The Bertz CT molecular complexity index is 421. The normalized spacial score (nSPS) is 19.6. The first kappa shape index (κ1) is 12.9. The van der Waals surface area contributed by atoms with Crippen LogP contribution in [0.4, 0.5) is 0 Å². The third-order valence-corrected chi connectivity index (χ3v) is 3.55. The molecule has 2 rings (SSSR count). The fourth-order valence-electron chi connectivity index (χ4n) is 2.03. The van der Waals surface area contributed by atoms with Crippen molar-refractivity contribution in [3.05, 3.63) is 11.1 Å². The zero-order valence-electron chi connectivity index (χ0n) is 10.2. The first-order valence-corrected chi connectivity index (χ1v) is 6.73. The molecule has 1 fully saturated rings. The van der Waals surface area contributed by atoms with Crippen LogP contribution in [0.5, 0.6) is 0 Å². The van der Waals surface area contributed by atoms with Gasteiger partial charge in [-0.05, 0) is 31.3 Å². The van der Waals surface area contributed by atoms with Gasteiger partial charge in [-0.2, -0.15) is 0 Å². The minimum absolute atomic E-state index is 0.0981. The molecule has 0 saturated carbocycles. The maximum absolute atomic E-state index is 12.1. The lowest BCUT2D eigenvalue weighted by Crippen LogP contribution is -2.42. The van der Waals surface area contributed by atoms with Gasteiger partial charge in [0.25, 0.3) is 5.91 Å². The Morgan fingerprint density at radius 3 is 3.11 bits per heavy atom. The molecule has 1 amide bonds. The molecule has 2 heterocycles. The first-order valence-electron chi connectivity index (χ1n) is 5.95. The predicted octanol–water partition coefficient (Wildman–Crippen LogP) is 0.953. The molecule has 1 aromatic rings. The maximum Gasteiger partial charge on any atom is 0.310 e. The molecule has 1 aromatic heterocycles. The lowest BCUT2D eigenvalue weighted by molar-refractivity contribution is -0.149. The third-order valence-electron chi connectivity index (χ3n) is 2.90. The zero-order valence-corrected chi connectivity index (χ0v) is 11.0. The van der Waals surface area contributed by atoms with E-state index in [9.17, 15) is 9.59 Å². The molecule has 1 aliphatic heterocycles. The van der Waals surface area contributed by atoms with Crippen molar-refractivity contribution in [2.45, 2.75) is 19.8 Å². The number of carbonyl (C=O) groups excluding carboxylic acids is 2. The molecule has 18 heavy (non-hydrogen) atoms. The second-order valence-corrected chi connectivity index (χ2v) is 4.91. The fraction of sp³-hybridized carbons (Fsp3) is 0.636. The van der Waals surface area contributed by atoms with Crippen molar-refractivity contribution in [2.75, 3.05) is 19.7 Å². The SMILES string of the molecule is CCOC(=O)[C@@H]1CCCN(C(=O)c2cnns2)C1. The predicted molar refractivity (Wildman–Crippen MR) is 65.2 cm³/mol. The summed E-state index contributed by atoms with van der Waals surface area (Å²) in [6.07, 6.45) is 3.06. The minimum atomic E-state index is -0.211. The lowest BCUT2D eigenvalue weighted by atomic mass is 9.98. The van der Waals surface area contributed by atoms with Gasteiger partial charge in [0.1, 0.15) is 4.88 Å². The summed E-state index contributed by atoms with van der Waals surface area (Å²) in [6, 6.07) is 0. The summed E-state index contributed by atoms with van der Waals surface area (Å²) in [4.78, 5) is 26.0. The van der Waals surface area contributed by atoms with Gasteiger partial charge in [-0.25, -0.2) is 0 Å². The topological polar surface area (TPSA) is 72.4 Å². The van der Waals surface area contributed by atoms with Gasteiger partial charge in [-0.3, -0.25) is 9.59 Å². The Labute approximate surface area is 109 Å². The van der Waals surface area contributed by atoms with E-state index in [4.69, 9.17) is 4.74 Å². The fourth-order valence-corrected chi connectivity index (χ4v) is 2.52. The van der Waals surface area contributed by atoms with Gasteiger partial charge >= 0.3 is 5.97 Å². The van der Waals surface area contributed by atoms with E-state index in [1.165, 1.54) is 6.20 Å². The van der Waals surface area contributed by atoms with Crippen LogP contribution in [0.15, 0.2) is 6.20 Å². The molecule has 0 bridgehead atoms. The van der Waals surface area contributed by atoms with Crippen LogP contribution in [-0.2, 0) is 9.53 Å². The van der Waals surface area contributed by atoms with E-state index >= 15 is 0 Å². The first-order chi connectivity index (χ1) is 8.72. The number of nitrogens with zero attached hydrogens (tertiary/aromatic N) is 3.